The number of aliphatic hydroxyl groups is 1. The third-order valence-electron chi connectivity index (χ3n) is 2.32. The standard InChI is InChI=1S/C12H10BrClOS/c1-7-4-8(6-16-7)12(15)10-5-9(14)2-3-11(10)13/h2-6,12,15H,1H3. The Bertz CT molecular complexity index is 509. The number of hydrogen-bond donors (Lipinski definition) is 1. The molecule has 2 aromatic rings. The smallest absolute Gasteiger partial charge is 0.106 e. The first-order chi connectivity index (χ1) is 7.58. The molecule has 16 heavy (non-hydrogen) atoms. The van der Waals surface area contributed by atoms with Crippen LogP contribution in [0.1, 0.15) is 22.1 Å². The molecule has 1 nitrogen and oxygen atoms in total. The molecular formula is C12H10BrClOS. The van der Waals surface area contributed by atoms with Crippen LogP contribution in [0.15, 0.2) is 34.1 Å². The second kappa shape index (κ2) is 4.88. The quantitative estimate of drug-likeness (QED) is 0.861. The van der Waals surface area contributed by atoms with Crippen LogP contribution in [0.25, 0.3) is 0 Å². The van der Waals surface area contributed by atoms with Crippen LogP contribution >= 0.6 is 38.9 Å². The van der Waals surface area contributed by atoms with Gasteiger partial charge in [-0.1, -0.05) is 27.5 Å². The van der Waals surface area contributed by atoms with E-state index in [1.807, 2.05) is 24.4 Å². The fourth-order valence-corrected chi connectivity index (χ4v) is 2.88. The van der Waals surface area contributed by atoms with E-state index in [2.05, 4.69) is 15.9 Å². The van der Waals surface area contributed by atoms with E-state index >= 15 is 0 Å². The average molecular weight is 318 g/mol. The largest absolute Gasteiger partial charge is 0.384 e. The fourth-order valence-electron chi connectivity index (χ4n) is 1.51. The van der Waals surface area contributed by atoms with Gasteiger partial charge in [-0.2, -0.15) is 0 Å². The van der Waals surface area contributed by atoms with Gasteiger partial charge in [0.1, 0.15) is 6.10 Å². The van der Waals surface area contributed by atoms with Crippen molar-refractivity contribution in [1.29, 1.82) is 0 Å². The molecule has 0 amide bonds. The van der Waals surface area contributed by atoms with Crippen LogP contribution in [0.5, 0.6) is 0 Å². The van der Waals surface area contributed by atoms with Crippen LogP contribution in [0.2, 0.25) is 5.02 Å². The molecule has 2 rings (SSSR count). The van der Waals surface area contributed by atoms with Crippen molar-refractivity contribution >= 4 is 38.9 Å². The Hall–Kier alpha value is -0.350. The van der Waals surface area contributed by atoms with Gasteiger partial charge in [0.05, 0.1) is 0 Å². The molecule has 0 saturated carbocycles. The van der Waals surface area contributed by atoms with E-state index in [1.165, 1.54) is 4.88 Å². The van der Waals surface area contributed by atoms with Crippen molar-refractivity contribution < 1.29 is 5.11 Å². The molecule has 0 aliphatic rings. The molecule has 1 unspecified atom stereocenters. The van der Waals surface area contributed by atoms with E-state index in [-0.39, 0.29) is 0 Å². The molecule has 1 aromatic heterocycles. The lowest BCUT2D eigenvalue weighted by Gasteiger charge is -2.11. The first kappa shape index (κ1) is 12.1. The number of benzene rings is 1. The van der Waals surface area contributed by atoms with Crippen molar-refractivity contribution in [2.24, 2.45) is 0 Å². The van der Waals surface area contributed by atoms with Crippen LogP contribution in [0.3, 0.4) is 0 Å². The number of hydrogen-bond acceptors (Lipinski definition) is 2. The van der Waals surface area contributed by atoms with Gasteiger partial charge in [0.15, 0.2) is 0 Å². The molecule has 1 atom stereocenters. The number of aryl methyl sites for hydroxylation is 1. The highest BCUT2D eigenvalue weighted by atomic mass is 79.9. The highest BCUT2D eigenvalue weighted by Gasteiger charge is 2.15. The Kier molecular flexibility index (Phi) is 3.70. The van der Waals surface area contributed by atoms with E-state index in [0.29, 0.717) is 5.02 Å². The number of halogens is 2. The van der Waals surface area contributed by atoms with Gasteiger partial charge in [-0.15, -0.1) is 11.3 Å². The van der Waals surface area contributed by atoms with E-state index in [9.17, 15) is 5.11 Å². The first-order valence-corrected chi connectivity index (χ1v) is 6.81. The topological polar surface area (TPSA) is 20.2 Å². The lowest BCUT2D eigenvalue weighted by molar-refractivity contribution is 0.220. The molecule has 0 spiro atoms. The van der Waals surface area contributed by atoms with Crippen LogP contribution in [-0.4, -0.2) is 5.11 Å². The summed E-state index contributed by atoms with van der Waals surface area (Å²) in [4.78, 5) is 1.19. The maximum Gasteiger partial charge on any atom is 0.106 e. The van der Waals surface area contributed by atoms with Gasteiger partial charge in [-0.3, -0.25) is 0 Å². The molecule has 0 aliphatic carbocycles. The number of rotatable bonds is 2. The van der Waals surface area contributed by atoms with Gasteiger partial charge < -0.3 is 5.11 Å². The Morgan fingerprint density at radius 3 is 2.75 bits per heavy atom. The van der Waals surface area contributed by atoms with Crippen molar-refractivity contribution in [3.05, 3.63) is 55.1 Å². The zero-order valence-electron chi connectivity index (χ0n) is 8.58. The van der Waals surface area contributed by atoms with Gasteiger partial charge in [0.25, 0.3) is 0 Å². The molecule has 4 heteroatoms. The summed E-state index contributed by atoms with van der Waals surface area (Å²) in [7, 11) is 0. The zero-order chi connectivity index (χ0) is 11.7. The van der Waals surface area contributed by atoms with Gasteiger partial charge in [0.2, 0.25) is 0 Å². The maximum atomic E-state index is 10.2. The Morgan fingerprint density at radius 2 is 2.12 bits per heavy atom. The average Bonchev–Trinajstić information content (AvgIpc) is 2.67. The van der Waals surface area contributed by atoms with Gasteiger partial charge in [-0.05, 0) is 42.1 Å². The van der Waals surface area contributed by atoms with E-state index in [0.717, 1.165) is 15.6 Å². The molecular weight excluding hydrogens is 308 g/mol. The summed E-state index contributed by atoms with van der Waals surface area (Å²) in [5.74, 6) is 0. The third-order valence-corrected chi connectivity index (χ3v) is 4.16. The SMILES string of the molecule is Cc1cc(C(O)c2cc(Cl)ccc2Br)cs1. The summed E-state index contributed by atoms with van der Waals surface area (Å²) in [5.41, 5.74) is 1.70. The molecule has 0 saturated heterocycles. The predicted octanol–water partition coefficient (Wildman–Crippen LogP) is 4.55. The van der Waals surface area contributed by atoms with E-state index in [1.54, 1.807) is 23.5 Å². The lowest BCUT2D eigenvalue weighted by Crippen LogP contribution is -1.99. The molecule has 1 N–H and O–H groups in total. The van der Waals surface area contributed by atoms with Gasteiger partial charge >= 0.3 is 0 Å². The lowest BCUT2D eigenvalue weighted by atomic mass is 10.0. The third kappa shape index (κ3) is 2.48. The Labute approximate surface area is 112 Å². The normalized spacial score (nSPS) is 12.8. The second-order valence-electron chi connectivity index (χ2n) is 3.56. The summed E-state index contributed by atoms with van der Waals surface area (Å²) in [6.45, 7) is 2.02. The van der Waals surface area contributed by atoms with Crippen LogP contribution in [0.4, 0.5) is 0 Å². The predicted molar refractivity (Wildman–Crippen MR) is 72.3 cm³/mol. The molecule has 1 heterocycles. The highest BCUT2D eigenvalue weighted by molar-refractivity contribution is 9.10. The minimum atomic E-state index is -0.627. The van der Waals surface area contributed by atoms with Crippen molar-refractivity contribution in [3.63, 3.8) is 0 Å². The van der Waals surface area contributed by atoms with Crippen molar-refractivity contribution in [2.45, 2.75) is 13.0 Å². The molecule has 84 valence electrons. The first-order valence-electron chi connectivity index (χ1n) is 4.76. The molecule has 0 bridgehead atoms. The van der Waals surface area contributed by atoms with E-state index in [4.69, 9.17) is 11.6 Å². The summed E-state index contributed by atoms with van der Waals surface area (Å²) in [6.07, 6.45) is -0.627. The maximum absolute atomic E-state index is 10.2. The molecule has 0 radical (unpaired) electrons. The van der Waals surface area contributed by atoms with Crippen LogP contribution in [-0.2, 0) is 0 Å². The fraction of sp³-hybridized carbons (Fsp3) is 0.167. The Morgan fingerprint density at radius 1 is 1.38 bits per heavy atom. The summed E-state index contributed by atoms with van der Waals surface area (Å²) >= 11 is 11.0. The van der Waals surface area contributed by atoms with Gasteiger partial charge in [-0.25, -0.2) is 0 Å². The van der Waals surface area contributed by atoms with Crippen molar-refractivity contribution in [2.75, 3.05) is 0 Å². The van der Waals surface area contributed by atoms with E-state index < -0.39 is 6.10 Å². The molecule has 0 aliphatic heterocycles. The summed E-state index contributed by atoms with van der Waals surface area (Å²) in [5, 5.41) is 12.8. The minimum Gasteiger partial charge on any atom is -0.384 e. The summed E-state index contributed by atoms with van der Waals surface area (Å²) < 4.78 is 0.869. The van der Waals surface area contributed by atoms with Crippen LogP contribution < -0.4 is 0 Å². The Balaban J connectivity index is 2.40. The van der Waals surface area contributed by atoms with Crippen LogP contribution in [0, 0.1) is 6.92 Å². The number of aliphatic hydroxyl groups excluding tert-OH is 1. The number of thiophene rings is 1. The summed E-state index contributed by atoms with van der Waals surface area (Å²) in [6, 6.07) is 7.41. The molecule has 1 aromatic carbocycles. The van der Waals surface area contributed by atoms with Gasteiger partial charge in [0, 0.05) is 19.9 Å². The second-order valence-corrected chi connectivity index (χ2v) is 5.97. The monoisotopic (exact) mass is 316 g/mol. The molecule has 0 fully saturated rings. The zero-order valence-corrected chi connectivity index (χ0v) is 11.7. The van der Waals surface area contributed by atoms with Crippen molar-refractivity contribution in [3.8, 4) is 0 Å². The highest BCUT2D eigenvalue weighted by Crippen LogP contribution is 2.32. The minimum absolute atomic E-state index is 0.627. The van der Waals surface area contributed by atoms with Crippen molar-refractivity contribution in [1.82, 2.24) is 0 Å².